The van der Waals surface area contributed by atoms with Crippen molar-refractivity contribution in [2.75, 3.05) is 24.6 Å². The van der Waals surface area contributed by atoms with Gasteiger partial charge in [0.15, 0.2) is 0 Å². The van der Waals surface area contributed by atoms with Crippen molar-refractivity contribution < 1.29 is 24.2 Å². The van der Waals surface area contributed by atoms with E-state index in [0.717, 1.165) is 16.3 Å². The fraction of sp³-hybridized carbons (Fsp3) is 0.361. The SMILES string of the molecule is CC[C@@]12C=CCN(Cc3ccccc3)C(=O)[C@@H]1[C@H]1C(=O)N([C@H](C)CO)C3C(=O)N(c4ccc5ccccc5c4)CC=C[C@@]31O2. The Bertz CT molecular complexity index is 1690. The highest BCUT2D eigenvalue weighted by Gasteiger charge is 2.75. The molecule has 3 aromatic rings. The Balaban J connectivity index is 1.33. The first-order chi connectivity index (χ1) is 21.3. The molecule has 4 aliphatic rings. The Kier molecular flexibility index (Phi) is 6.94. The van der Waals surface area contributed by atoms with Gasteiger partial charge >= 0.3 is 0 Å². The van der Waals surface area contributed by atoms with Crippen LogP contribution in [0.15, 0.2) is 97.1 Å². The van der Waals surface area contributed by atoms with Crippen LogP contribution in [-0.2, 0) is 25.7 Å². The molecule has 3 amide bonds. The summed E-state index contributed by atoms with van der Waals surface area (Å²) in [5.74, 6) is -2.54. The van der Waals surface area contributed by atoms with Crippen molar-refractivity contribution in [3.8, 4) is 0 Å². The van der Waals surface area contributed by atoms with Crippen molar-refractivity contribution in [1.29, 1.82) is 0 Å². The predicted molar refractivity (Wildman–Crippen MR) is 167 cm³/mol. The van der Waals surface area contributed by atoms with Gasteiger partial charge in [0.2, 0.25) is 11.8 Å². The second kappa shape index (κ2) is 10.7. The second-order valence-electron chi connectivity index (χ2n) is 12.4. The van der Waals surface area contributed by atoms with Crippen molar-refractivity contribution in [2.45, 2.75) is 50.1 Å². The number of carbonyl (C=O) groups excluding carboxylic acids is 3. The number of hydrogen-bond acceptors (Lipinski definition) is 5. The fourth-order valence-electron chi connectivity index (χ4n) is 7.83. The lowest BCUT2D eigenvalue weighted by molar-refractivity contribution is -0.152. The minimum Gasteiger partial charge on any atom is -0.394 e. The van der Waals surface area contributed by atoms with Gasteiger partial charge in [-0.05, 0) is 41.8 Å². The first-order valence-electron chi connectivity index (χ1n) is 15.4. The molecule has 7 rings (SSSR count). The number of anilines is 1. The van der Waals surface area contributed by atoms with Crippen molar-refractivity contribution in [3.63, 3.8) is 0 Å². The maximum atomic E-state index is 14.7. The van der Waals surface area contributed by atoms with Gasteiger partial charge in [0.25, 0.3) is 5.91 Å². The van der Waals surface area contributed by atoms with Gasteiger partial charge < -0.3 is 24.5 Å². The van der Waals surface area contributed by atoms with Crippen molar-refractivity contribution in [2.24, 2.45) is 11.8 Å². The number of rotatable bonds is 6. The summed E-state index contributed by atoms with van der Waals surface area (Å²) in [7, 11) is 0. The zero-order chi connectivity index (χ0) is 30.6. The highest BCUT2D eigenvalue weighted by atomic mass is 16.5. The van der Waals surface area contributed by atoms with Gasteiger partial charge in [-0.15, -0.1) is 0 Å². The lowest BCUT2D eigenvalue weighted by atomic mass is 9.73. The molecule has 0 aliphatic carbocycles. The normalized spacial score (nSPS) is 30.3. The Morgan fingerprint density at radius 3 is 2.34 bits per heavy atom. The molecule has 0 saturated carbocycles. The van der Waals surface area contributed by atoms with E-state index in [1.54, 1.807) is 16.7 Å². The third kappa shape index (κ3) is 4.15. The number of nitrogens with zero attached hydrogens (tertiary/aromatic N) is 3. The number of carbonyl (C=O) groups is 3. The van der Waals surface area contributed by atoms with Crippen LogP contribution in [0.2, 0.25) is 0 Å². The number of ether oxygens (including phenoxy) is 1. The molecule has 0 radical (unpaired) electrons. The van der Waals surface area contributed by atoms with Crippen LogP contribution in [0.25, 0.3) is 10.8 Å². The van der Waals surface area contributed by atoms with Crippen LogP contribution in [0.1, 0.15) is 25.8 Å². The minimum absolute atomic E-state index is 0.162. The van der Waals surface area contributed by atoms with Crippen LogP contribution in [0.3, 0.4) is 0 Å². The molecular formula is C36H37N3O5. The number of hydrogen-bond donors (Lipinski definition) is 1. The van der Waals surface area contributed by atoms with E-state index in [2.05, 4.69) is 0 Å². The Labute approximate surface area is 257 Å². The van der Waals surface area contributed by atoms with Crippen LogP contribution in [0.4, 0.5) is 5.69 Å². The number of benzene rings is 3. The average molecular weight is 592 g/mol. The summed E-state index contributed by atoms with van der Waals surface area (Å²) in [6.45, 7) is 4.46. The van der Waals surface area contributed by atoms with E-state index in [4.69, 9.17) is 4.74 Å². The zero-order valence-electron chi connectivity index (χ0n) is 25.0. The van der Waals surface area contributed by atoms with Crippen LogP contribution in [-0.4, -0.2) is 75.6 Å². The molecule has 44 heavy (non-hydrogen) atoms. The number of likely N-dealkylation sites (tertiary alicyclic amines) is 1. The summed E-state index contributed by atoms with van der Waals surface area (Å²) in [5, 5.41) is 12.4. The van der Waals surface area contributed by atoms with Gasteiger partial charge in [-0.1, -0.05) is 91.9 Å². The van der Waals surface area contributed by atoms with E-state index in [-0.39, 0.29) is 30.9 Å². The van der Waals surface area contributed by atoms with Gasteiger partial charge in [0.05, 0.1) is 30.1 Å². The fourth-order valence-corrected chi connectivity index (χ4v) is 7.83. The average Bonchev–Trinajstić information content (AvgIpc) is 3.35. The molecule has 1 spiro atoms. The standard InChI is InChI=1S/C36H37N3O5/c1-3-35-17-9-19-37(22-25-11-5-4-6-12-25)32(41)29(35)30-33(42)39(24(2)23-40)31-34(43)38(20-10-18-36(30,31)44-35)28-16-15-26-13-7-8-14-27(26)21-28/h4-18,21,24,29-31,40H,3,19-20,22-23H2,1-2H3/t24-,29+,30+,31?,35-,36+/m1/s1. The number of aliphatic hydroxyl groups excluding tert-OH is 1. The van der Waals surface area contributed by atoms with Crippen LogP contribution < -0.4 is 4.90 Å². The van der Waals surface area contributed by atoms with Crippen molar-refractivity contribution in [1.82, 2.24) is 9.80 Å². The third-order valence-corrected chi connectivity index (χ3v) is 9.96. The first-order valence-corrected chi connectivity index (χ1v) is 15.4. The molecular weight excluding hydrogens is 554 g/mol. The molecule has 4 heterocycles. The van der Waals surface area contributed by atoms with Crippen LogP contribution in [0.5, 0.6) is 0 Å². The van der Waals surface area contributed by atoms with Gasteiger partial charge in [-0.25, -0.2) is 0 Å². The lowest BCUT2D eigenvalue weighted by Gasteiger charge is -2.40. The number of aliphatic hydroxyl groups is 1. The molecule has 4 aliphatic heterocycles. The summed E-state index contributed by atoms with van der Waals surface area (Å²) in [4.78, 5) is 48.8. The Hall–Kier alpha value is -4.27. The predicted octanol–water partition coefficient (Wildman–Crippen LogP) is 4.08. The monoisotopic (exact) mass is 591 g/mol. The third-order valence-electron chi connectivity index (χ3n) is 9.96. The van der Waals surface area contributed by atoms with E-state index >= 15 is 0 Å². The van der Waals surface area contributed by atoms with E-state index in [0.29, 0.717) is 25.2 Å². The van der Waals surface area contributed by atoms with Gasteiger partial charge in [-0.2, -0.15) is 0 Å². The Morgan fingerprint density at radius 2 is 1.59 bits per heavy atom. The Morgan fingerprint density at radius 1 is 0.864 bits per heavy atom. The zero-order valence-corrected chi connectivity index (χ0v) is 25.0. The summed E-state index contributed by atoms with van der Waals surface area (Å²) >= 11 is 0. The van der Waals surface area contributed by atoms with Gasteiger partial charge in [-0.3, -0.25) is 14.4 Å². The van der Waals surface area contributed by atoms with Gasteiger partial charge in [0, 0.05) is 25.3 Å². The maximum Gasteiger partial charge on any atom is 0.253 e. The highest BCUT2D eigenvalue weighted by molar-refractivity contribution is 6.07. The molecule has 3 aromatic carbocycles. The molecule has 1 N–H and O–H groups in total. The van der Waals surface area contributed by atoms with Crippen molar-refractivity contribution in [3.05, 3.63) is 103 Å². The summed E-state index contributed by atoms with van der Waals surface area (Å²) in [5.41, 5.74) is -0.725. The molecule has 8 nitrogen and oxygen atoms in total. The molecule has 226 valence electrons. The number of fused-ring (bicyclic) bond motifs is 3. The van der Waals surface area contributed by atoms with Gasteiger partial charge in [0.1, 0.15) is 11.6 Å². The van der Waals surface area contributed by atoms with E-state index in [1.807, 2.05) is 104 Å². The molecule has 0 aromatic heterocycles. The smallest absolute Gasteiger partial charge is 0.253 e. The first kappa shape index (κ1) is 28.5. The molecule has 8 heteroatoms. The van der Waals surface area contributed by atoms with Crippen LogP contribution >= 0.6 is 0 Å². The number of amides is 3. The summed E-state index contributed by atoms with van der Waals surface area (Å²) < 4.78 is 7.05. The minimum atomic E-state index is -1.38. The van der Waals surface area contributed by atoms with Crippen LogP contribution in [0, 0.1) is 11.8 Å². The highest BCUT2D eigenvalue weighted by Crippen LogP contribution is 2.59. The quantitative estimate of drug-likeness (QED) is 0.437. The summed E-state index contributed by atoms with van der Waals surface area (Å²) in [6.07, 6.45) is 8.12. The molecule has 0 bridgehead atoms. The largest absolute Gasteiger partial charge is 0.394 e. The molecule has 2 fully saturated rings. The second-order valence-corrected chi connectivity index (χ2v) is 12.4. The van der Waals surface area contributed by atoms with E-state index in [1.165, 1.54) is 4.90 Å². The topological polar surface area (TPSA) is 90.4 Å². The molecule has 6 atom stereocenters. The maximum absolute atomic E-state index is 14.7. The lowest BCUT2D eigenvalue weighted by Crippen LogP contribution is -2.58. The molecule has 2 saturated heterocycles. The van der Waals surface area contributed by atoms with E-state index < -0.39 is 35.1 Å². The molecule has 1 unspecified atom stereocenters. The van der Waals surface area contributed by atoms with Crippen molar-refractivity contribution >= 4 is 34.2 Å². The summed E-state index contributed by atoms with van der Waals surface area (Å²) in [6, 6.07) is 21.9. The van der Waals surface area contributed by atoms with E-state index in [9.17, 15) is 19.5 Å².